The van der Waals surface area contributed by atoms with Crippen molar-refractivity contribution in [2.75, 3.05) is 0 Å². The number of carbonyl (C=O) groups excluding carboxylic acids is 1. The summed E-state index contributed by atoms with van der Waals surface area (Å²) >= 11 is 0. The van der Waals surface area contributed by atoms with Gasteiger partial charge in [-0.25, -0.2) is 0 Å². The SMILES string of the molecule is [2H]CC(=O)c1c2ccccc2cc2ccccc12. The van der Waals surface area contributed by atoms with Gasteiger partial charge in [0.05, 0.1) is 0 Å². The normalized spacial score (nSPS) is 11.6. The third-order valence-corrected chi connectivity index (χ3v) is 3.05. The molecule has 0 amide bonds. The minimum Gasteiger partial charge on any atom is -0.294 e. The van der Waals surface area contributed by atoms with Crippen LogP contribution in [0.25, 0.3) is 21.5 Å². The van der Waals surface area contributed by atoms with Gasteiger partial charge in [-0.1, -0.05) is 48.5 Å². The van der Waals surface area contributed by atoms with E-state index in [-0.39, 0.29) is 12.7 Å². The molecule has 17 heavy (non-hydrogen) atoms. The molecular formula is C16H12O. The smallest absolute Gasteiger partial charge is 0.161 e. The molecule has 0 radical (unpaired) electrons. The van der Waals surface area contributed by atoms with Crippen LogP contribution in [0.3, 0.4) is 0 Å². The van der Waals surface area contributed by atoms with Crippen LogP contribution in [-0.2, 0) is 0 Å². The average molecular weight is 221 g/mol. The van der Waals surface area contributed by atoms with Crippen molar-refractivity contribution in [2.24, 2.45) is 0 Å². The lowest BCUT2D eigenvalue weighted by Gasteiger charge is -2.08. The van der Waals surface area contributed by atoms with Crippen LogP contribution in [0.5, 0.6) is 0 Å². The molecule has 0 unspecified atom stereocenters. The van der Waals surface area contributed by atoms with Gasteiger partial charge in [0.2, 0.25) is 0 Å². The maximum atomic E-state index is 12.1. The first-order valence-electron chi connectivity index (χ1n) is 6.25. The topological polar surface area (TPSA) is 17.1 Å². The fourth-order valence-electron chi connectivity index (χ4n) is 2.31. The largest absolute Gasteiger partial charge is 0.294 e. The molecule has 0 aliphatic heterocycles. The summed E-state index contributed by atoms with van der Waals surface area (Å²) in [6.45, 7) is -0.210. The Bertz CT molecular complexity index is 692. The first kappa shape index (κ1) is 8.94. The van der Waals surface area contributed by atoms with Crippen LogP contribution in [0, 0.1) is 0 Å². The van der Waals surface area contributed by atoms with Crippen LogP contribution in [0.15, 0.2) is 54.6 Å². The number of hydrogen-bond acceptors (Lipinski definition) is 1. The minimum atomic E-state index is -0.210. The second-order valence-corrected chi connectivity index (χ2v) is 4.12. The van der Waals surface area contributed by atoms with E-state index in [0.29, 0.717) is 5.56 Å². The van der Waals surface area contributed by atoms with Gasteiger partial charge < -0.3 is 0 Å². The van der Waals surface area contributed by atoms with Gasteiger partial charge in [0.1, 0.15) is 0 Å². The molecule has 0 heterocycles. The van der Waals surface area contributed by atoms with Gasteiger partial charge in [0, 0.05) is 6.93 Å². The zero-order valence-corrected chi connectivity index (χ0v) is 9.31. The first-order valence-corrected chi connectivity index (χ1v) is 5.54. The molecule has 3 aromatic rings. The second-order valence-electron chi connectivity index (χ2n) is 4.12. The lowest BCUT2D eigenvalue weighted by molar-refractivity contribution is 0.102. The predicted molar refractivity (Wildman–Crippen MR) is 71.5 cm³/mol. The maximum absolute atomic E-state index is 12.1. The van der Waals surface area contributed by atoms with Crippen LogP contribution in [-0.4, -0.2) is 5.78 Å². The van der Waals surface area contributed by atoms with Crippen LogP contribution < -0.4 is 0 Å². The Morgan fingerprint density at radius 3 is 2.00 bits per heavy atom. The Morgan fingerprint density at radius 2 is 1.47 bits per heavy atom. The van der Waals surface area contributed by atoms with Crippen molar-refractivity contribution in [3.63, 3.8) is 0 Å². The fraction of sp³-hybridized carbons (Fsp3) is 0.0625. The maximum Gasteiger partial charge on any atom is 0.161 e. The molecule has 0 saturated carbocycles. The van der Waals surface area contributed by atoms with Gasteiger partial charge in [0.25, 0.3) is 0 Å². The molecule has 3 rings (SSSR count). The molecule has 1 nitrogen and oxygen atoms in total. The zero-order valence-electron chi connectivity index (χ0n) is 10.3. The number of hydrogen-bond donors (Lipinski definition) is 0. The number of benzene rings is 3. The van der Waals surface area contributed by atoms with Crippen LogP contribution in [0.4, 0.5) is 0 Å². The third-order valence-electron chi connectivity index (χ3n) is 3.05. The molecule has 0 fully saturated rings. The first-order chi connectivity index (χ1) is 8.81. The summed E-state index contributed by atoms with van der Waals surface area (Å²) in [7, 11) is 0. The average Bonchev–Trinajstić information content (AvgIpc) is 2.44. The van der Waals surface area contributed by atoms with Gasteiger partial charge in [0.15, 0.2) is 5.78 Å². The van der Waals surface area contributed by atoms with Gasteiger partial charge in [-0.15, -0.1) is 0 Å². The Morgan fingerprint density at radius 1 is 0.941 bits per heavy atom. The van der Waals surface area contributed by atoms with Crippen LogP contribution >= 0.6 is 0 Å². The molecule has 0 atom stereocenters. The fourth-order valence-corrected chi connectivity index (χ4v) is 2.31. The van der Waals surface area contributed by atoms with E-state index in [4.69, 9.17) is 1.37 Å². The van der Waals surface area contributed by atoms with E-state index < -0.39 is 0 Å². The zero-order chi connectivity index (χ0) is 12.5. The summed E-state index contributed by atoms with van der Waals surface area (Å²) in [4.78, 5) is 12.1. The van der Waals surface area contributed by atoms with Crippen LogP contribution in [0.2, 0.25) is 0 Å². The van der Waals surface area contributed by atoms with Gasteiger partial charge in [-0.3, -0.25) is 4.79 Å². The third kappa shape index (κ3) is 1.51. The highest BCUT2D eigenvalue weighted by Gasteiger charge is 2.10. The molecule has 82 valence electrons. The summed E-state index contributed by atoms with van der Waals surface area (Å²) in [5, 5.41) is 3.97. The number of fused-ring (bicyclic) bond motifs is 2. The van der Waals surface area contributed by atoms with Gasteiger partial charge >= 0.3 is 0 Å². The lowest BCUT2D eigenvalue weighted by Crippen LogP contribution is -1.95. The number of carbonyl (C=O) groups is 1. The quantitative estimate of drug-likeness (QED) is 0.444. The molecular weight excluding hydrogens is 208 g/mol. The van der Waals surface area contributed by atoms with Crippen molar-refractivity contribution >= 4 is 27.3 Å². The van der Waals surface area contributed by atoms with E-state index in [9.17, 15) is 4.79 Å². The predicted octanol–water partition coefficient (Wildman–Crippen LogP) is 4.20. The lowest BCUT2D eigenvalue weighted by atomic mass is 9.95. The van der Waals surface area contributed by atoms with E-state index >= 15 is 0 Å². The van der Waals surface area contributed by atoms with Crippen molar-refractivity contribution in [3.8, 4) is 0 Å². The summed E-state index contributed by atoms with van der Waals surface area (Å²) in [6, 6.07) is 17.8. The summed E-state index contributed by atoms with van der Waals surface area (Å²) in [5.74, 6) is -0.122. The summed E-state index contributed by atoms with van der Waals surface area (Å²) in [5.41, 5.74) is 0.679. The van der Waals surface area contributed by atoms with Gasteiger partial charge in [-0.05, 0) is 34.5 Å². The van der Waals surface area contributed by atoms with Gasteiger partial charge in [-0.2, -0.15) is 0 Å². The highest BCUT2D eigenvalue weighted by Crippen LogP contribution is 2.28. The molecule has 0 aromatic heterocycles. The number of rotatable bonds is 1. The van der Waals surface area contributed by atoms with Crippen molar-refractivity contribution in [1.29, 1.82) is 0 Å². The van der Waals surface area contributed by atoms with E-state index in [1.54, 1.807) is 0 Å². The van der Waals surface area contributed by atoms with E-state index in [0.717, 1.165) is 21.5 Å². The van der Waals surface area contributed by atoms with E-state index in [1.165, 1.54) is 0 Å². The second kappa shape index (κ2) is 3.70. The van der Waals surface area contributed by atoms with Crippen molar-refractivity contribution < 1.29 is 6.17 Å². The minimum absolute atomic E-state index is 0.122. The van der Waals surface area contributed by atoms with Crippen molar-refractivity contribution in [1.82, 2.24) is 0 Å². The molecule has 0 spiro atoms. The van der Waals surface area contributed by atoms with E-state index in [2.05, 4.69) is 6.07 Å². The number of Topliss-reactive ketones (excluding diaryl/α,β-unsaturated/α-hetero) is 1. The van der Waals surface area contributed by atoms with Crippen molar-refractivity contribution in [2.45, 2.75) is 6.90 Å². The molecule has 3 aromatic carbocycles. The van der Waals surface area contributed by atoms with E-state index in [1.807, 2.05) is 48.5 Å². The summed E-state index contributed by atoms with van der Waals surface area (Å²) in [6.07, 6.45) is 0. The number of ketones is 1. The van der Waals surface area contributed by atoms with Crippen molar-refractivity contribution in [3.05, 3.63) is 60.2 Å². The highest BCUT2D eigenvalue weighted by molar-refractivity contribution is 6.18. The Labute approximate surface area is 101 Å². The summed E-state index contributed by atoms with van der Waals surface area (Å²) < 4.78 is 7.35. The monoisotopic (exact) mass is 221 g/mol. The molecule has 0 N–H and O–H groups in total. The Balaban J connectivity index is 2.53. The highest BCUT2D eigenvalue weighted by atomic mass is 16.1. The molecule has 0 aliphatic rings. The Hall–Kier alpha value is -2.15. The Kier molecular flexibility index (Phi) is 1.95. The molecule has 0 saturated heterocycles. The standard InChI is InChI=1S/C16H12O/c1-11(17)16-14-8-4-2-6-12(14)10-13-7-3-5-9-15(13)16/h2-10H,1H3/i1D. The molecule has 0 bridgehead atoms. The van der Waals surface area contributed by atoms with Crippen LogP contribution in [0.1, 0.15) is 18.6 Å². The molecule has 1 heteroatoms. The molecule has 0 aliphatic carbocycles.